The Morgan fingerprint density at radius 2 is 1.85 bits per heavy atom. The van der Waals surface area contributed by atoms with Crippen LogP contribution in [0.2, 0.25) is 0 Å². The third-order valence-corrected chi connectivity index (χ3v) is 5.16. The largest absolute Gasteiger partial charge is 0.308 e. The fourth-order valence-electron chi connectivity index (χ4n) is 3.42. The molecule has 0 saturated carbocycles. The van der Waals surface area contributed by atoms with E-state index >= 15 is 0 Å². The van der Waals surface area contributed by atoms with Gasteiger partial charge in [0.2, 0.25) is 5.91 Å². The lowest BCUT2D eigenvalue weighted by molar-refractivity contribution is -0.118. The van der Waals surface area contributed by atoms with Gasteiger partial charge in [0.05, 0.1) is 23.5 Å². The highest BCUT2D eigenvalue weighted by Crippen LogP contribution is 2.18. The van der Waals surface area contributed by atoms with Gasteiger partial charge in [0.15, 0.2) is 5.82 Å². The number of nitriles is 1. The van der Waals surface area contributed by atoms with E-state index in [9.17, 15) is 4.79 Å². The van der Waals surface area contributed by atoms with Crippen molar-refractivity contribution in [2.75, 3.05) is 11.9 Å². The van der Waals surface area contributed by atoms with E-state index in [1.807, 2.05) is 55.7 Å². The van der Waals surface area contributed by atoms with Crippen molar-refractivity contribution in [1.29, 1.82) is 5.26 Å². The van der Waals surface area contributed by atoms with Crippen molar-refractivity contribution in [2.24, 2.45) is 7.05 Å². The van der Waals surface area contributed by atoms with Crippen molar-refractivity contribution in [3.63, 3.8) is 0 Å². The predicted octanol–water partition coefficient (Wildman–Crippen LogP) is 3.26. The van der Waals surface area contributed by atoms with E-state index in [0.29, 0.717) is 23.6 Å². The number of benzene rings is 2. The average Bonchev–Trinajstić information content (AvgIpc) is 3.29. The maximum Gasteiger partial charge on any atom is 0.247 e. The van der Waals surface area contributed by atoms with Gasteiger partial charge < -0.3 is 10.6 Å². The van der Waals surface area contributed by atoms with Gasteiger partial charge in [-0.1, -0.05) is 42.5 Å². The summed E-state index contributed by atoms with van der Waals surface area (Å²) < 4.78 is 1.70. The molecule has 0 fully saturated rings. The summed E-state index contributed by atoms with van der Waals surface area (Å²) >= 11 is 0. The monoisotopic (exact) mass is 437 g/mol. The number of nitrogens with zero attached hydrogens (tertiary/aromatic N) is 5. The molecule has 0 aliphatic heterocycles. The third kappa shape index (κ3) is 5.67. The van der Waals surface area contributed by atoms with Gasteiger partial charge in [-0.25, -0.2) is 0 Å². The van der Waals surface area contributed by atoms with Gasteiger partial charge in [0.1, 0.15) is 6.04 Å². The summed E-state index contributed by atoms with van der Waals surface area (Å²) in [6, 6.07) is 22.1. The zero-order valence-electron chi connectivity index (χ0n) is 18.1. The fourth-order valence-corrected chi connectivity index (χ4v) is 3.42. The van der Waals surface area contributed by atoms with Gasteiger partial charge in [-0.3, -0.25) is 9.48 Å². The minimum atomic E-state index is -0.551. The van der Waals surface area contributed by atoms with Gasteiger partial charge in [0.25, 0.3) is 0 Å². The third-order valence-electron chi connectivity index (χ3n) is 5.16. The molecule has 1 amide bonds. The number of amides is 1. The van der Waals surface area contributed by atoms with E-state index < -0.39 is 6.04 Å². The molecule has 33 heavy (non-hydrogen) atoms. The average molecular weight is 438 g/mol. The number of rotatable bonds is 8. The van der Waals surface area contributed by atoms with Crippen LogP contribution in [0.3, 0.4) is 0 Å². The van der Waals surface area contributed by atoms with Crippen molar-refractivity contribution < 1.29 is 4.79 Å². The molecule has 0 aliphatic rings. The van der Waals surface area contributed by atoms with Gasteiger partial charge in [0, 0.05) is 25.4 Å². The number of carbonyl (C=O) groups excluding carboxylic acids is 1. The van der Waals surface area contributed by atoms with Gasteiger partial charge in [-0.2, -0.15) is 10.4 Å². The van der Waals surface area contributed by atoms with Crippen LogP contribution in [0.25, 0.3) is 11.3 Å². The molecule has 4 aromatic rings. The Balaban J connectivity index is 1.42. The number of anilines is 1. The highest BCUT2D eigenvalue weighted by Gasteiger charge is 2.20. The number of nitrogens with one attached hydrogen (secondary N) is 2. The van der Waals surface area contributed by atoms with E-state index in [1.54, 1.807) is 35.1 Å². The Hall–Kier alpha value is -4.35. The van der Waals surface area contributed by atoms with E-state index in [-0.39, 0.29) is 5.91 Å². The predicted molar refractivity (Wildman–Crippen MR) is 125 cm³/mol. The first kappa shape index (κ1) is 21.9. The van der Waals surface area contributed by atoms with Crippen LogP contribution in [0.1, 0.15) is 22.7 Å². The topological polar surface area (TPSA) is 109 Å². The number of aromatic nitrogens is 4. The first-order chi connectivity index (χ1) is 16.1. The Bertz CT molecular complexity index is 1240. The van der Waals surface area contributed by atoms with Crippen LogP contribution in [-0.2, 0) is 18.3 Å². The van der Waals surface area contributed by atoms with Crippen LogP contribution in [0.5, 0.6) is 0 Å². The molecule has 0 unspecified atom stereocenters. The number of hydrogen-bond donors (Lipinski definition) is 2. The van der Waals surface area contributed by atoms with Crippen molar-refractivity contribution in [1.82, 2.24) is 25.3 Å². The maximum absolute atomic E-state index is 13.1. The second kappa shape index (κ2) is 10.3. The van der Waals surface area contributed by atoms with E-state index in [2.05, 4.69) is 32.0 Å². The molecule has 2 aromatic carbocycles. The first-order valence-electron chi connectivity index (χ1n) is 10.5. The maximum atomic E-state index is 13.1. The SMILES string of the molecule is Cn1cc(-c2ccc(NC(=O)[C@@H](NCCc3ccc(C#N)cc3)c3ccccc3)nn2)cn1. The Kier molecular flexibility index (Phi) is 6.83. The molecule has 1 atom stereocenters. The highest BCUT2D eigenvalue weighted by molar-refractivity contribution is 5.94. The van der Waals surface area contributed by atoms with Gasteiger partial charge in [-0.05, 0) is 41.8 Å². The fraction of sp³-hybridized carbons (Fsp3) is 0.160. The molecular weight excluding hydrogens is 414 g/mol. The van der Waals surface area contributed by atoms with Crippen molar-refractivity contribution in [3.8, 4) is 17.3 Å². The Labute approximate surface area is 191 Å². The van der Waals surface area contributed by atoms with E-state index in [4.69, 9.17) is 5.26 Å². The van der Waals surface area contributed by atoms with Crippen molar-refractivity contribution in [2.45, 2.75) is 12.5 Å². The molecule has 4 rings (SSSR count). The molecule has 8 heteroatoms. The second-order valence-corrected chi connectivity index (χ2v) is 7.55. The van der Waals surface area contributed by atoms with Crippen LogP contribution >= 0.6 is 0 Å². The molecule has 2 heterocycles. The minimum Gasteiger partial charge on any atom is -0.308 e. The standard InChI is InChI=1S/C25H23N7O/c1-32-17-21(16-28-32)22-11-12-23(31-30-22)29-25(33)24(20-5-3-2-4-6-20)27-14-13-18-7-9-19(15-26)10-8-18/h2-12,16-17,24,27H,13-14H2,1H3,(H,29,31,33)/t24-/m0/s1. The molecule has 2 aromatic heterocycles. The summed E-state index contributed by atoms with van der Waals surface area (Å²) in [7, 11) is 1.84. The lowest BCUT2D eigenvalue weighted by Crippen LogP contribution is -2.34. The summed E-state index contributed by atoms with van der Waals surface area (Å²) in [6.07, 6.45) is 4.29. The molecule has 2 N–H and O–H groups in total. The molecule has 0 radical (unpaired) electrons. The number of hydrogen-bond acceptors (Lipinski definition) is 6. The summed E-state index contributed by atoms with van der Waals surface area (Å²) in [6.45, 7) is 0.588. The van der Waals surface area contributed by atoms with Gasteiger partial charge in [-0.15, -0.1) is 10.2 Å². The molecule has 0 spiro atoms. The molecule has 0 saturated heterocycles. The van der Waals surface area contributed by atoms with Crippen LogP contribution in [-0.4, -0.2) is 32.4 Å². The summed E-state index contributed by atoms with van der Waals surface area (Å²) in [5.74, 6) is 0.159. The Morgan fingerprint density at radius 1 is 1.06 bits per heavy atom. The van der Waals surface area contributed by atoms with Crippen molar-refractivity contribution >= 4 is 11.7 Å². The van der Waals surface area contributed by atoms with Crippen LogP contribution < -0.4 is 10.6 Å². The van der Waals surface area contributed by atoms with Gasteiger partial charge >= 0.3 is 0 Å². The molecular formula is C25H23N7O. The zero-order chi connectivity index (χ0) is 23.0. The molecule has 8 nitrogen and oxygen atoms in total. The Morgan fingerprint density at radius 3 is 2.48 bits per heavy atom. The highest BCUT2D eigenvalue weighted by atomic mass is 16.2. The molecule has 164 valence electrons. The minimum absolute atomic E-state index is 0.218. The lowest BCUT2D eigenvalue weighted by atomic mass is 10.1. The van der Waals surface area contributed by atoms with E-state index in [0.717, 1.165) is 23.1 Å². The number of carbonyl (C=O) groups is 1. The normalized spacial score (nSPS) is 11.5. The van der Waals surface area contributed by atoms with Crippen LogP contribution in [0.15, 0.2) is 79.1 Å². The number of aryl methyl sites for hydroxylation is 1. The zero-order valence-corrected chi connectivity index (χ0v) is 18.1. The molecule has 0 aliphatic carbocycles. The summed E-state index contributed by atoms with van der Waals surface area (Å²) in [5.41, 5.74) is 4.11. The summed E-state index contributed by atoms with van der Waals surface area (Å²) in [5, 5.41) is 27.6. The van der Waals surface area contributed by atoms with Crippen molar-refractivity contribution in [3.05, 3.63) is 95.8 Å². The quantitative estimate of drug-likeness (QED) is 0.438. The van der Waals surface area contributed by atoms with E-state index in [1.165, 1.54) is 0 Å². The first-order valence-corrected chi connectivity index (χ1v) is 10.5. The molecule has 0 bridgehead atoms. The smallest absolute Gasteiger partial charge is 0.247 e. The van der Waals surface area contributed by atoms with Crippen LogP contribution in [0, 0.1) is 11.3 Å². The second-order valence-electron chi connectivity index (χ2n) is 7.55. The van der Waals surface area contributed by atoms with Crippen LogP contribution in [0.4, 0.5) is 5.82 Å². The lowest BCUT2D eigenvalue weighted by Gasteiger charge is -2.18. The summed E-state index contributed by atoms with van der Waals surface area (Å²) in [4.78, 5) is 13.1.